The molecule has 0 aromatic carbocycles. The zero-order valence-corrected chi connectivity index (χ0v) is 6.37. The Balaban J connectivity index is 3.43. The van der Waals surface area contributed by atoms with Gasteiger partial charge < -0.3 is 0 Å². The fourth-order valence-corrected chi connectivity index (χ4v) is 0.666. The number of alkyl halides is 4. The Bertz CT molecular complexity index is 94.4. The lowest BCUT2D eigenvalue weighted by Gasteiger charge is -2.09. The van der Waals surface area contributed by atoms with E-state index in [1.807, 2.05) is 0 Å². The average Bonchev–Trinajstić information content (AvgIpc) is 1.98. The summed E-state index contributed by atoms with van der Waals surface area (Å²) in [4.78, 5) is 0. The molecule has 0 amide bonds. The fraction of sp³-hybridized carbons (Fsp3) is 1.00. The molecule has 3 unspecified atom stereocenters. The van der Waals surface area contributed by atoms with Crippen molar-refractivity contribution in [1.29, 1.82) is 0 Å². The second-order valence-corrected chi connectivity index (χ2v) is 2.54. The SMILES string of the molecule is CC(F)CCC(F)C(F)CF. The molecule has 68 valence electrons. The van der Waals surface area contributed by atoms with Gasteiger partial charge in [0.15, 0.2) is 6.17 Å². The first-order valence-electron chi connectivity index (χ1n) is 3.56. The summed E-state index contributed by atoms with van der Waals surface area (Å²) in [7, 11) is 0. The van der Waals surface area contributed by atoms with E-state index in [1.54, 1.807) is 0 Å². The van der Waals surface area contributed by atoms with Crippen LogP contribution in [0.1, 0.15) is 19.8 Å². The minimum atomic E-state index is -2.09. The molecule has 0 spiro atoms. The molecule has 0 aliphatic carbocycles. The molecule has 0 saturated carbocycles. The number of hydrogen-bond acceptors (Lipinski definition) is 0. The van der Waals surface area contributed by atoms with Crippen molar-refractivity contribution in [3.8, 4) is 0 Å². The predicted molar refractivity (Wildman–Crippen MR) is 35.6 cm³/mol. The zero-order valence-electron chi connectivity index (χ0n) is 6.37. The lowest BCUT2D eigenvalue weighted by atomic mass is 10.1. The van der Waals surface area contributed by atoms with Crippen LogP contribution in [0.5, 0.6) is 0 Å². The zero-order chi connectivity index (χ0) is 8.85. The highest BCUT2D eigenvalue weighted by molar-refractivity contribution is 4.68. The highest BCUT2D eigenvalue weighted by atomic mass is 19.2. The molecule has 0 aromatic rings. The number of halogens is 4. The third-order valence-corrected chi connectivity index (χ3v) is 1.38. The van der Waals surface area contributed by atoms with Gasteiger partial charge >= 0.3 is 0 Å². The predicted octanol–water partition coefficient (Wildman–Crippen LogP) is 2.77. The van der Waals surface area contributed by atoms with Crippen molar-refractivity contribution in [3.05, 3.63) is 0 Å². The second-order valence-electron chi connectivity index (χ2n) is 2.54. The Morgan fingerprint density at radius 3 is 1.91 bits per heavy atom. The van der Waals surface area contributed by atoms with Gasteiger partial charge in [0, 0.05) is 0 Å². The van der Waals surface area contributed by atoms with E-state index < -0.39 is 25.2 Å². The maximum absolute atomic E-state index is 12.4. The summed E-state index contributed by atoms with van der Waals surface area (Å²) < 4.78 is 48.0. The molecule has 3 atom stereocenters. The molecule has 0 aliphatic heterocycles. The first kappa shape index (κ1) is 10.7. The van der Waals surface area contributed by atoms with E-state index in [0.717, 1.165) is 0 Å². The molecular weight excluding hydrogens is 160 g/mol. The van der Waals surface area contributed by atoms with E-state index in [1.165, 1.54) is 6.92 Å². The number of rotatable bonds is 5. The largest absolute Gasteiger partial charge is 0.248 e. The summed E-state index contributed by atoms with van der Waals surface area (Å²) in [6.45, 7) is -0.0722. The summed E-state index contributed by atoms with van der Waals surface area (Å²) >= 11 is 0. The summed E-state index contributed by atoms with van der Waals surface area (Å²) in [5.41, 5.74) is 0. The van der Waals surface area contributed by atoms with Gasteiger partial charge in [-0.05, 0) is 19.8 Å². The molecule has 0 radical (unpaired) electrons. The van der Waals surface area contributed by atoms with E-state index in [9.17, 15) is 17.6 Å². The van der Waals surface area contributed by atoms with Crippen molar-refractivity contribution in [2.45, 2.75) is 38.3 Å². The van der Waals surface area contributed by atoms with Gasteiger partial charge in [0.1, 0.15) is 12.8 Å². The third-order valence-electron chi connectivity index (χ3n) is 1.38. The molecule has 0 heterocycles. The van der Waals surface area contributed by atoms with E-state index in [0.29, 0.717) is 0 Å². The summed E-state index contributed by atoms with van der Waals surface area (Å²) in [6, 6.07) is 0. The van der Waals surface area contributed by atoms with Gasteiger partial charge in [-0.1, -0.05) is 0 Å². The van der Waals surface area contributed by atoms with Crippen molar-refractivity contribution < 1.29 is 17.6 Å². The Hall–Kier alpha value is -0.280. The topological polar surface area (TPSA) is 0 Å². The van der Waals surface area contributed by atoms with Crippen LogP contribution in [0.2, 0.25) is 0 Å². The lowest BCUT2D eigenvalue weighted by Crippen LogP contribution is -2.20. The molecule has 0 aliphatic rings. The first-order valence-corrected chi connectivity index (χ1v) is 3.56. The van der Waals surface area contributed by atoms with Crippen LogP contribution in [0.15, 0.2) is 0 Å². The van der Waals surface area contributed by atoms with Gasteiger partial charge in [-0.3, -0.25) is 0 Å². The maximum Gasteiger partial charge on any atom is 0.159 e. The smallest absolute Gasteiger partial charge is 0.159 e. The lowest BCUT2D eigenvalue weighted by molar-refractivity contribution is 0.121. The van der Waals surface area contributed by atoms with Gasteiger partial charge in [0.05, 0.1) is 6.17 Å². The van der Waals surface area contributed by atoms with Gasteiger partial charge in [-0.2, -0.15) is 0 Å². The molecule has 4 heteroatoms. The molecule has 0 fully saturated rings. The van der Waals surface area contributed by atoms with E-state index in [2.05, 4.69) is 0 Å². The molecule has 0 N–H and O–H groups in total. The van der Waals surface area contributed by atoms with Crippen molar-refractivity contribution >= 4 is 0 Å². The highest BCUT2D eigenvalue weighted by Crippen LogP contribution is 2.13. The second kappa shape index (κ2) is 5.38. The molecular formula is C7H12F4. The van der Waals surface area contributed by atoms with Crippen LogP contribution in [0.4, 0.5) is 17.6 Å². The van der Waals surface area contributed by atoms with Crippen LogP contribution in [0.25, 0.3) is 0 Å². The first-order chi connectivity index (χ1) is 5.07. The maximum atomic E-state index is 12.4. The Morgan fingerprint density at radius 1 is 1.00 bits per heavy atom. The normalized spacial score (nSPS) is 19.4. The molecule has 0 aromatic heterocycles. The quantitative estimate of drug-likeness (QED) is 0.559. The molecule has 0 saturated heterocycles. The summed E-state index contributed by atoms with van der Waals surface area (Å²) in [5.74, 6) is 0. The van der Waals surface area contributed by atoms with Crippen molar-refractivity contribution in [2.75, 3.05) is 6.67 Å². The van der Waals surface area contributed by atoms with Gasteiger partial charge in [0.2, 0.25) is 0 Å². The minimum Gasteiger partial charge on any atom is -0.248 e. The van der Waals surface area contributed by atoms with E-state index in [4.69, 9.17) is 0 Å². The standard InChI is InChI=1S/C7H12F4/c1-5(9)2-3-6(10)7(11)4-8/h5-7H,2-4H2,1H3. The highest BCUT2D eigenvalue weighted by Gasteiger charge is 2.20. The van der Waals surface area contributed by atoms with Crippen molar-refractivity contribution in [3.63, 3.8) is 0 Å². The summed E-state index contributed by atoms with van der Waals surface area (Å²) in [5, 5.41) is 0. The van der Waals surface area contributed by atoms with E-state index >= 15 is 0 Å². The van der Waals surface area contributed by atoms with Crippen LogP contribution in [0, 0.1) is 0 Å². The monoisotopic (exact) mass is 172 g/mol. The van der Waals surface area contributed by atoms with Crippen LogP contribution >= 0.6 is 0 Å². The van der Waals surface area contributed by atoms with Gasteiger partial charge in [-0.15, -0.1) is 0 Å². The van der Waals surface area contributed by atoms with E-state index in [-0.39, 0.29) is 12.8 Å². The van der Waals surface area contributed by atoms with Crippen LogP contribution in [0.3, 0.4) is 0 Å². The average molecular weight is 172 g/mol. The van der Waals surface area contributed by atoms with Gasteiger partial charge in [-0.25, -0.2) is 17.6 Å². The van der Waals surface area contributed by atoms with Crippen molar-refractivity contribution in [1.82, 2.24) is 0 Å². The molecule has 0 rings (SSSR count). The minimum absolute atomic E-state index is 0.0540. The Morgan fingerprint density at radius 2 is 1.55 bits per heavy atom. The molecule has 11 heavy (non-hydrogen) atoms. The van der Waals surface area contributed by atoms with Crippen LogP contribution in [-0.2, 0) is 0 Å². The Kier molecular flexibility index (Phi) is 5.24. The van der Waals surface area contributed by atoms with Crippen LogP contribution < -0.4 is 0 Å². The molecule has 0 nitrogen and oxygen atoms in total. The van der Waals surface area contributed by atoms with Gasteiger partial charge in [0.25, 0.3) is 0 Å². The summed E-state index contributed by atoms with van der Waals surface area (Å²) in [6.07, 6.45) is -5.41. The van der Waals surface area contributed by atoms with Crippen molar-refractivity contribution in [2.24, 2.45) is 0 Å². The fourth-order valence-electron chi connectivity index (χ4n) is 0.666. The number of hydrogen-bond donors (Lipinski definition) is 0. The van der Waals surface area contributed by atoms with Crippen LogP contribution in [-0.4, -0.2) is 25.2 Å². The molecule has 0 bridgehead atoms. The third kappa shape index (κ3) is 5.04. The Labute approximate surface area is 63.6 Å².